The molecule has 0 spiro atoms. The van der Waals surface area contributed by atoms with Crippen molar-refractivity contribution in [1.29, 1.82) is 0 Å². The van der Waals surface area contributed by atoms with Gasteiger partial charge in [-0.3, -0.25) is 9.69 Å². The van der Waals surface area contributed by atoms with Crippen LogP contribution >= 0.6 is 11.6 Å². The van der Waals surface area contributed by atoms with Crippen molar-refractivity contribution in [3.05, 3.63) is 34.9 Å². The molecule has 1 heterocycles. The van der Waals surface area contributed by atoms with Crippen LogP contribution in [0.15, 0.2) is 24.3 Å². The van der Waals surface area contributed by atoms with Crippen molar-refractivity contribution in [1.82, 2.24) is 9.80 Å². The van der Waals surface area contributed by atoms with Gasteiger partial charge in [0.05, 0.1) is 6.42 Å². The molecule has 0 saturated carbocycles. The van der Waals surface area contributed by atoms with Crippen molar-refractivity contribution < 1.29 is 9.90 Å². The van der Waals surface area contributed by atoms with E-state index in [0.717, 1.165) is 37.6 Å². The first-order valence-corrected chi connectivity index (χ1v) is 7.85. The molecule has 0 radical (unpaired) electrons. The Morgan fingerprint density at radius 2 is 1.86 bits per heavy atom. The number of aliphatic carboxylic acids is 1. The van der Waals surface area contributed by atoms with Crippen LogP contribution in [-0.4, -0.2) is 59.6 Å². The summed E-state index contributed by atoms with van der Waals surface area (Å²) in [6.45, 7) is 6.84. The van der Waals surface area contributed by atoms with E-state index in [1.807, 2.05) is 12.1 Å². The van der Waals surface area contributed by atoms with Crippen LogP contribution in [0, 0.1) is 0 Å². The fraction of sp³-hybridized carbons (Fsp3) is 0.562. The van der Waals surface area contributed by atoms with Crippen LogP contribution < -0.4 is 0 Å². The second kappa shape index (κ2) is 7.78. The van der Waals surface area contributed by atoms with Gasteiger partial charge in [0.1, 0.15) is 0 Å². The number of carbonyl (C=O) groups is 1. The van der Waals surface area contributed by atoms with Crippen molar-refractivity contribution in [2.45, 2.75) is 25.8 Å². The molecule has 0 amide bonds. The lowest BCUT2D eigenvalue weighted by molar-refractivity contribution is -0.137. The quantitative estimate of drug-likeness (QED) is 0.876. The van der Waals surface area contributed by atoms with Gasteiger partial charge in [-0.25, -0.2) is 0 Å². The predicted octanol–water partition coefficient (Wildman–Crippen LogP) is 2.36. The van der Waals surface area contributed by atoms with Gasteiger partial charge in [0.25, 0.3) is 0 Å². The zero-order valence-corrected chi connectivity index (χ0v) is 13.2. The van der Waals surface area contributed by atoms with E-state index in [9.17, 15) is 4.79 Å². The SMILES string of the molecule is CC(Cc1ccc(Cl)cc1)N1CCN(CCC(=O)O)CC1. The van der Waals surface area contributed by atoms with Crippen LogP contribution in [0.25, 0.3) is 0 Å². The van der Waals surface area contributed by atoms with Gasteiger partial charge >= 0.3 is 5.97 Å². The van der Waals surface area contributed by atoms with Gasteiger partial charge in [-0.15, -0.1) is 0 Å². The molecule has 2 rings (SSSR count). The van der Waals surface area contributed by atoms with E-state index in [-0.39, 0.29) is 6.42 Å². The third kappa shape index (κ3) is 5.30. The summed E-state index contributed by atoms with van der Waals surface area (Å²) in [5.74, 6) is -0.714. The minimum atomic E-state index is -0.714. The number of piperazine rings is 1. The van der Waals surface area contributed by atoms with Crippen molar-refractivity contribution in [2.75, 3.05) is 32.7 Å². The van der Waals surface area contributed by atoms with Gasteiger partial charge in [-0.1, -0.05) is 23.7 Å². The largest absolute Gasteiger partial charge is 0.481 e. The Kier molecular flexibility index (Phi) is 6.03. The summed E-state index contributed by atoms with van der Waals surface area (Å²) < 4.78 is 0. The number of nitrogens with zero attached hydrogens (tertiary/aromatic N) is 2. The smallest absolute Gasteiger partial charge is 0.304 e. The predicted molar refractivity (Wildman–Crippen MR) is 84.9 cm³/mol. The van der Waals surface area contributed by atoms with Crippen molar-refractivity contribution in [3.63, 3.8) is 0 Å². The van der Waals surface area contributed by atoms with E-state index >= 15 is 0 Å². The number of rotatable bonds is 6. The lowest BCUT2D eigenvalue weighted by Crippen LogP contribution is -2.50. The fourth-order valence-corrected chi connectivity index (χ4v) is 2.90. The maximum Gasteiger partial charge on any atom is 0.304 e. The number of carboxylic acids is 1. The molecule has 1 atom stereocenters. The van der Waals surface area contributed by atoms with Crippen molar-refractivity contribution >= 4 is 17.6 Å². The van der Waals surface area contributed by atoms with Crippen LogP contribution in [0.3, 0.4) is 0 Å². The number of benzene rings is 1. The molecule has 0 aromatic heterocycles. The molecule has 1 aromatic rings. The Morgan fingerprint density at radius 1 is 1.24 bits per heavy atom. The Labute approximate surface area is 131 Å². The molecular formula is C16H23ClN2O2. The molecule has 1 fully saturated rings. The Balaban J connectivity index is 1.76. The second-order valence-electron chi connectivity index (χ2n) is 5.70. The van der Waals surface area contributed by atoms with Crippen LogP contribution in [0.4, 0.5) is 0 Å². The van der Waals surface area contributed by atoms with Crippen LogP contribution in [0.2, 0.25) is 5.02 Å². The van der Waals surface area contributed by atoms with Crippen molar-refractivity contribution in [2.24, 2.45) is 0 Å². The number of carboxylic acid groups (broad SMARTS) is 1. The van der Waals surface area contributed by atoms with Crippen LogP contribution in [0.1, 0.15) is 18.9 Å². The summed E-state index contributed by atoms with van der Waals surface area (Å²) in [7, 11) is 0. The Hall–Kier alpha value is -1.10. The van der Waals surface area contributed by atoms with Gasteiger partial charge in [0.2, 0.25) is 0 Å². The summed E-state index contributed by atoms with van der Waals surface area (Å²) in [6, 6.07) is 8.54. The molecule has 0 bridgehead atoms. The highest BCUT2D eigenvalue weighted by Gasteiger charge is 2.21. The van der Waals surface area contributed by atoms with E-state index < -0.39 is 5.97 Å². The highest BCUT2D eigenvalue weighted by molar-refractivity contribution is 6.30. The number of hydrogen-bond donors (Lipinski definition) is 1. The summed E-state index contributed by atoms with van der Waals surface area (Å²) >= 11 is 5.91. The first-order valence-electron chi connectivity index (χ1n) is 7.47. The van der Waals surface area contributed by atoms with E-state index in [2.05, 4.69) is 28.9 Å². The van der Waals surface area contributed by atoms with Gasteiger partial charge < -0.3 is 10.0 Å². The first-order chi connectivity index (χ1) is 10.0. The Bertz CT molecular complexity index is 456. The molecule has 21 heavy (non-hydrogen) atoms. The van der Waals surface area contributed by atoms with Crippen LogP contribution in [-0.2, 0) is 11.2 Å². The highest BCUT2D eigenvalue weighted by Crippen LogP contribution is 2.14. The molecule has 4 nitrogen and oxygen atoms in total. The average molecular weight is 311 g/mol. The van der Waals surface area contributed by atoms with Gasteiger partial charge in [0.15, 0.2) is 0 Å². The lowest BCUT2D eigenvalue weighted by atomic mass is 10.1. The van der Waals surface area contributed by atoms with Gasteiger partial charge in [0, 0.05) is 43.8 Å². The van der Waals surface area contributed by atoms with Crippen LogP contribution in [0.5, 0.6) is 0 Å². The highest BCUT2D eigenvalue weighted by atomic mass is 35.5. The molecule has 1 aromatic carbocycles. The average Bonchev–Trinajstić information content (AvgIpc) is 2.48. The standard InChI is InChI=1S/C16H23ClN2O2/c1-13(12-14-2-4-15(17)5-3-14)19-10-8-18(9-11-19)7-6-16(20)21/h2-5,13H,6-12H2,1H3,(H,20,21). The second-order valence-corrected chi connectivity index (χ2v) is 6.14. The third-order valence-electron chi connectivity index (χ3n) is 4.12. The minimum Gasteiger partial charge on any atom is -0.481 e. The molecule has 116 valence electrons. The molecule has 1 aliphatic rings. The minimum absolute atomic E-state index is 0.236. The maximum atomic E-state index is 10.6. The van der Waals surface area contributed by atoms with E-state index in [4.69, 9.17) is 16.7 Å². The molecule has 1 N–H and O–H groups in total. The zero-order valence-electron chi connectivity index (χ0n) is 12.5. The topological polar surface area (TPSA) is 43.8 Å². The fourth-order valence-electron chi connectivity index (χ4n) is 2.77. The first kappa shape index (κ1) is 16.3. The molecule has 5 heteroatoms. The van der Waals surface area contributed by atoms with Gasteiger partial charge in [-0.05, 0) is 31.0 Å². The molecule has 1 saturated heterocycles. The van der Waals surface area contributed by atoms with Crippen molar-refractivity contribution in [3.8, 4) is 0 Å². The van der Waals surface area contributed by atoms with E-state index in [1.165, 1.54) is 5.56 Å². The third-order valence-corrected chi connectivity index (χ3v) is 4.37. The lowest BCUT2D eigenvalue weighted by Gasteiger charge is -2.38. The monoisotopic (exact) mass is 310 g/mol. The molecule has 1 unspecified atom stereocenters. The summed E-state index contributed by atoms with van der Waals surface area (Å²) in [5.41, 5.74) is 1.31. The zero-order chi connectivity index (χ0) is 15.2. The molecular weight excluding hydrogens is 288 g/mol. The summed E-state index contributed by atoms with van der Waals surface area (Å²) in [5, 5.41) is 9.50. The number of halogens is 1. The molecule has 1 aliphatic heterocycles. The van der Waals surface area contributed by atoms with Gasteiger partial charge in [-0.2, -0.15) is 0 Å². The molecule has 0 aliphatic carbocycles. The van der Waals surface area contributed by atoms with E-state index in [1.54, 1.807) is 0 Å². The summed E-state index contributed by atoms with van der Waals surface area (Å²) in [4.78, 5) is 15.3. The maximum absolute atomic E-state index is 10.6. The summed E-state index contributed by atoms with van der Waals surface area (Å²) in [6.07, 6.45) is 1.26. The van der Waals surface area contributed by atoms with E-state index in [0.29, 0.717) is 12.6 Å². The Morgan fingerprint density at radius 3 is 2.43 bits per heavy atom. The normalized spacial score (nSPS) is 18.6. The number of hydrogen-bond acceptors (Lipinski definition) is 3.